The lowest BCUT2D eigenvalue weighted by Crippen LogP contribution is -2.43. The number of ether oxygens (including phenoxy) is 1. The normalized spacial score (nSPS) is 14.3. The van der Waals surface area contributed by atoms with Crippen LogP contribution in [-0.2, 0) is 4.79 Å². The summed E-state index contributed by atoms with van der Waals surface area (Å²) in [6, 6.07) is 5.78. The van der Waals surface area contributed by atoms with Crippen LogP contribution >= 0.6 is 11.8 Å². The third-order valence-electron chi connectivity index (χ3n) is 3.28. The predicted octanol–water partition coefficient (Wildman–Crippen LogP) is 2.29. The van der Waals surface area contributed by atoms with E-state index >= 15 is 0 Å². The number of imidazole rings is 1. The quantitative estimate of drug-likeness (QED) is 0.859. The minimum atomic E-state index is 0.191. The molecule has 1 aromatic heterocycles. The zero-order chi connectivity index (χ0) is 13.9. The molecule has 106 valence electrons. The van der Waals surface area contributed by atoms with Gasteiger partial charge in [-0.15, -0.1) is 0 Å². The standard InChI is InChI=1S/C14H17N3O2S/c1-2-19-10-4-5-11-12(8-10)16-14(15-11)20-9-13(18)17-6-3-7-17/h4-5,8H,2-3,6-7,9H2,1H3,(H,15,16). The highest BCUT2D eigenvalue weighted by Gasteiger charge is 2.20. The zero-order valence-electron chi connectivity index (χ0n) is 11.4. The lowest BCUT2D eigenvalue weighted by Gasteiger charge is -2.30. The van der Waals surface area contributed by atoms with Crippen LogP contribution in [0.25, 0.3) is 11.0 Å². The summed E-state index contributed by atoms with van der Waals surface area (Å²) in [7, 11) is 0. The number of benzene rings is 1. The average molecular weight is 291 g/mol. The maximum absolute atomic E-state index is 11.8. The summed E-state index contributed by atoms with van der Waals surface area (Å²) < 4.78 is 5.46. The number of thioether (sulfide) groups is 1. The predicted molar refractivity (Wildman–Crippen MR) is 79.2 cm³/mol. The van der Waals surface area contributed by atoms with Gasteiger partial charge in [0.2, 0.25) is 5.91 Å². The van der Waals surface area contributed by atoms with Crippen molar-refractivity contribution >= 4 is 28.7 Å². The molecule has 2 heterocycles. The Bertz CT molecular complexity index is 622. The maximum Gasteiger partial charge on any atom is 0.233 e. The van der Waals surface area contributed by atoms with E-state index in [0.29, 0.717) is 12.4 Å². The third kappa shape index (κ3) is 2.75. The van der Waals surface area contributed by atoms with E-state index in [4.69, 9.17) is 4.74 Å². The van der Waals surface area contributed by atoms with Crippen LogP contribution in [0.1, 0.15) is 13.3 Å². The van der Waals surface area contributed by atoms with E-state index in [2.05, 4.69) is 9.97 Å². The molecule has 0 bridgehead atoms. The summed E-state index contributed by atoms with van der Waals surface area (Å²) in [5.74, 6) is 1.46. The van der Waals surface area contributed by atoms with Gasteiger partial charge in [0.05, 0.1) is 23.4 Å². The van der Waals surface area contributed by atoms with Crippen LogP contribution < -0.4 is 4.74 Å². The average Bonchev–Trinajstić information content (AvgIpc) is 2.77. The molecule has 1 aromatic carbocycles. The van der Waals surface area contributed by atoms with Gasteiger partial charge in [-0.2, -0.15) is 0 Å². The van der Waals surface area contributed by atoms with Crippen molar-refractivity contribution in [3.8, 4) is 5.75 Å². The molecule has 1 N–H and O–H groups in total. The van der Waals surface area contributed by atoms with Crippen molar-refractivity contribution in [2.24, 2.45) is 0 Å². The largest absolute Gasteiger partial charge is 0.494 e. The second-order valence-electron chi connectivity index (χ2n) is 4.68. The molecule has 0 atom stereocenters. The highest BCUT2D eigenvalue weighted by molar-refractivity contribution is 7.99. The number of aromatic nitrogens is 2. The first-order chi connectivity index (χ1) is 9.76. The van der Waals surface area contributed by atoms with Gasteiger partial charge in [0, 0.05) is 19.2 Å². The van der Waals surface area contributed by atoms with Crippen LogP contribution in [0, 0.1) is 0 Å². The third-order valence-corrected chi connectivity index (χ3v) is 4.14. The Morgan fingerprint density at radius 2 is 2.35 bits per heavy atom. The molecule has 0 aliphatic carbocycles. The summed E-state index contributed by atoms with van der Waals surface area (Å²) in [6.07, 6.45) is 1.13. The SMILES string of the molecule is CCOc1ccc2nc(SCC(=O)N3CCC3)[nH]c2c1. The Morgan fingerprint density at radius 1 is 1.50 bits per heavy atom. The van der Waals surface area contributed by atoms with E-state index < -0.39 is 0 Å². The molecule has 1 aliphatic rings. The van der Waals surface area contributed by atoms with Gasteiger partial charge in [-0.1, -0.05) is 11.8 Å². The van der Waals surface area contributed by atoms with Crippen molar-refractivity contribution in [1.29, 1.82) is 0 Å². The van der Waals surface area contributed by atoms with E-state index in [9.17, 15) is 4.79 Å². The smallest absolute Gasteiger partial charge is 0.233 e. The second-order valence-corrected chi connectivity index (χ2v) is 5.64. The molecular formula is C14H17N3O2S. The summed E-state index contributed by atoms with van der Waals surface area (Å²) >= 11 is 1.45. The van der Waals surface area contributed by atoms with Gasteiger partial charge in [0.25, 0.3) is 0 Å². The van der Waals surface area contributed by atoms with Gasteiger partial charge < -0.3 is 14.6 Å². The molecule has 6 heteroatoms. The summed E-state index contributed by atoms with van der Waals surface area (Å²) in [4.78, 5) is 21.4. The number of carbonyl (C=O) groups is 1. The van der Waals surface area contributed by atoms with E-state index in [1.165, 1.54) is 11.8 Å². The zero-order valence-corrected chi connectivity index (χ0v) is 12.2. The Morgan fingerprint density at radius 3 is 3.05 bits per heavy atom. The Balaban J connectivity index is 1.67. The molecule has 0 unspecified atom stereocenters. The number of hydrogen-bond donors (Lipinski definition) is 1. The summed E-state index contributed by atoms with van der Waals surface area (Å²) in [5, 5.41) is 0.780. The molecule has 5 nitrogen and oxygen atoms in total. The molecule has 0 spiro atoms. The van der Waals surface area contributed by atoms with Gasteiger partial charge >= 0.3 is 0 Å². The molecule has 0 radical (unpaired) electrons. The highest BCUT2D eigenvalue weighted by Crippen LogP contribution is 2.23. The van der Waals surface area contributed by atoms with Crippen LogP contribution in [0.5, 0.6) is 5.75 Å². The molecule has 1 aliphatic heterocycles. The van der Waals surface area contributed by atoms with Crippen LogP contribution in [0.2, 0.25) is 0 Å². The number of nitrogens with zero attached hydrogens (tertiary/aromatic N) is 2. The van der Waals surface area contributed by atoms with Gasteiger partial charge in [-0.3, -0.25) is 4.79 Å². The minimum Gasteiger partial charge on any atom is -0.494 e. The molecule has 0 saturated carbocycles. The fourth-order valence-corrected chi connectivity index (χ4v) is 2.86. The van der Waals surface area contributed by atoms with Crippen LogP contribution in [0.4, 0.5) is 0 Å². The number of carbonyl (C=O) groups excluding carboxylic acids is 1. The topological polar surface area (TPSA) is 58.2 Å². The van der Waals surface area contributed by atoms with Crippen LogP contribution in [0.3, 0.4) is 0 Å². The summed E-state index contributed by atoms with van der Waals surface area (Å²) in [6.45, 7) is 4.40. The van der Waals surface area contributed by atoms with Crippen molar-refractivity contribution in [2.45, 2.75) is 18.5 Å². The Hall–Kier alpha value is -1.69. The second kappa shape index (κ2) is 5.75. The maximum atomic E-state index is 11.8. The molecule has 3 rings (SSSR count). The first-order valence-electron chi connectivity index (χ1n) is 6.79. The van der Waals surface area contributed by atoms with Crippen molar-refractivity contribution in [1.82, 2.24) is 14.9 Å². The van der Waals surface area contributed by atoms with Crippen molar-refractivity contribution in [3.05, 3.63) is 18.2 Å². The lowest BCUT2D eigenvalue weighted by atomic mass is 10.2. The number of H-pyrrole nitrogens is 1. The van der Waals surface area contributed by atoms with Gasteiger partial charge in [0.15, 0.2) is 5.16 Å². The number of hydrogen-bond acceptors (Lipinski definition) is 4. The van der Waals surface area contributed by atoms with Crippen LogP contribution in [-0.4, -0.2) is 46.2 Å². The lowest BCUT2D eigenvalue weighted by molar-refractivity contribution is -0.131. The van der Waals surface area contributed by atoms with Gasteiger partial charge in [-0.25, -0.2) is 4.98 Å². The molecule has 2 aromatic rings. The van der Waals surface area contributed by atoms with Crippen LogP contribution in [0.15, 0.2) is 23.4 Å². The first kappa shape index (κ1) is 13.3. The molecular weight excluding hydrogens is 274 g/mol. The number of likely N-dealkylation sites (tertiary alicyclic amines) is 1. The number of fused-ring (bicyclic) bond motifs is 1. The fourth-order valence-electron chi connectivity index (χ4n) is 2.08. The Labute approximate surface area is 121 Å². The highest BCUT2D eigenvalue weighted by atomic mass is 32.2. The van der Waals surface area contributed by atoms with Crippen molar-refractivity contribution in [3.63, 3.8) is 0 Å². The number of nitrogens with one attached hydrogen (secondary N) is 1. The number of aromatic amines is 1. The molecule has 1 saturated heterocycles. The number of rotatable bonds is 5. The van der Waals surface area contributed by atoms with Crippen molar-refractivity contribution < 1.29 is 9.53 Å². The molecule has 20 heavy (non-hydrogen) atoms. The monoisotopic (exact) mass is 291 g/mol. The first-order valence-corrected chi connectivity index (χ1v) is 7.78. The van der Waals surface area contributed by atoms with Crippen molar-refractivity contribution in [2.75, 3.05) is 25.4 Å². The van der Waals surface area contributed by atoms with Gasteiger partial charge in [-0.05, 0) is 25.5 Å². The Kier molecular flexibility index (Phi) is 3.82. The van der Waals surface area contributed by atoms with E-state index in [1.54, 1.807) is 0 Å². The minimum absolute atomic E-state index is 0.191. The number of amides is 1. The molecule has 1 fully saturated rings. The molecule has 1 amide bonds. The fraction of sp³-hybridized carbons (Fsp3) is 0.429. The van der Waals surface area contributed by atoms with Gasteiger partial charge in [0.1, 0.15) is 5.75 Å². The van der Waals surface area contributed by atoms with E-state index in [1.807, 2.05) is 30.0 Å². The van der Waals surface area contributed by atoms with E-state index in [-0.39, 0.29) is 5.91 Å². The van der Waals surface area contributed by atoms with E-state index in [0.717, 1.165) is 41.4 Å². The summed E-state index contributed by atoms with van der Waals surface area (Å²) in [5.41, 5.74) is 1.84.